The SMILES string of the molecule is Cc1ccc(O)c(C=CCNC(=O)OCc2ccccc2)n1. The van der Waals surface area contributed by atoms with E-state index < -0.39 is 6.09 Å². The van der Waals surface area contributed by atoms with Crippen LogP contribution in [-0.2, 0) is 11.3 Å². The van der Waals surface area contributed by atoms with Gasteiger partial charge in [-0.2, -0.15) is 0 Å². The maximum Gasteiger partial charge on any atom is 0.407 e. The topological polar surface area (TPSA) is 71.5 Å². The number of nitrogens with zero attached hydrogens (tertiary/aromatic N) is 1. The Hall–Kier alpha value is -2.82. The summed E-state index contributed by atoms with van der Waals surface area (Å²) in [4.78, 5) is 15.7. The summed E-state index contributed by atoms with van der Waals surface area (Å²) >= 11 is 0. The lowest BCUT2D eigenvalue weighted by Gasteiger charge is -2.05. The van der Waals surface area contributed by atoms with E-state index in [2.05, 4.69) is 10.3 Å². The van der Waals surface area contributed by atoms with Gasteiger partial charge >= 0.3 is 6.09 Å². The molecule has 1 amide bonds. The van der Waals surface area contributed by atoms with Gasteiger partial charge in [0.1, 0.15) is 18.1 Å². The highest BCUT2D eigenvalue weighted by Crippen LogP contribution is 2.15. The van der Waals surface area contributed by atoms with Crippen LogP contribution in [-0.4, -0.2) is 22.7 Å². The number of aromatic hydroxyl groups is 1. The summed E-state index contributed by atoms with van der Waals surface area (Å²) < 4.78 is 5.07. The van der Waals surface area contributed by atoms with Crippen molar-refractivity contribution in [1.82, 2.24) is 10.3 Å². The van der Waals surface area contributed by atoms with Crippen LogP contribution in [0.4, 0.5) is 4.79 Å². The summed E-state index contributed by atoms with van der Waals surface area (Å²) in [5.74, 6) is 0.105. The van der Waals surface area contributed by atoms with Gasteiger partial charge in [0, 0.05) is 12.2 Å². The van der Waals surface area contributed by atoms with Crippen LogP contribution in [0.25, 0.3) is 6.08 Å². The van der Waals surface area contributed by atoms with Crippen LogP contribution >= 0.6 is 0 Å². The predicted molar refractivity (Wildman–Crippen MR) is 84.3 cm³/mol. The van der Waals surface area contributed by atoms with Crippen molar-refractivity contribution in [3.63, 3.8) is 0 Å². The number of benzene rings is 1. The highest BCUT2D eigenvalue weighted by molar-refractivity contribution is 5.67. The van der Waals surface area contributed by atoms with Gasteiger partial charge in [-0.05, 0) is 30.7 Å². The van der Waals surface area contributed by atoms with Gasteiger partial charge in [0.25, 0.3) is 0 Å². The van der Waals surface area contributed by atoms with Crippen LogP contribution in [0.15, 0.2) is 48.5 Å². The zero-order chi connectivity index (χ0) is 15.8. The van der Waals surface area contributed by atoms with E-state index in [1.165, 1.54) is 0 Å². The van der Waals surface area contributed by atoms with Gasteiger partial charge in [-0.1, -0.05) is 36.4 Å². The number of alkyl carbamates (subject to hydrolysis) is 1. The Morgan fingerprint density at radius 1 is 1.27 bits per heavy atom. The monoisotopic (exact) mass is 298 g/mol. The zero-order valence-electron chi connectivity index (χ0n) is 12.3. The van der Waals surface area contributed by atoms with E-state index in [9.17, 15) is 9.90 Å². The molecule has 114 valence electrons. The molecule has 0 radical (unpaired) electrons. The predicted octanol–water partition coefficient (Wildman–Crippen LogP) is 3.04. The molecule has 0 aliphatic heterocycles. The van der Waals surface area contributed by atoms with Crippen molar-refractivity contribution in [2.45, 2.75) is 13.5 Å². The molecule has 5 nitrogen and oxygen atoms in total. The molecule has 1 aromatic carbocycles. The molecule has 0 aliphatic carbocycles. The molecule has 0 fully saturated rings. The highest BCUT2D eigenvalue weighted by Gasteiger charge is 2.01. The molecule has 0 saturated heterocycles. The van der Waals surface area contributed by atoms with Crippen molar-refractivity contribution in [3.05, 3.63) is 65.5 Å². The largest absolute Gasteiger partial charge is 0.506 e. The van der Waals surface area contributed by atoms with E-state index in [4.69, 9.17) is 4.74 Å². The Morgan fingerprint density at radius 3 is 2.82 bits per heavy atom. The minimum atomic E-state index is -0.491. The third-order valence-corrected chi connectivity index (χ3v) is 2.89. The second-order valence-electron chi connectivity index (χ2n) is 4.70. The van der Waals surface area contributed by atoms with Crippen LogP contribution in [0.5, 0.6) is 5.75 Å². The number of hydrogen-bond acceptors (Lipinski definition) is 4. The van der Waals surface area contributed by atoms with Crippen molar-refractivity contribution in [2.24, 2.45) is 0 Å². The summed E-state index contributed by atoms with van der Waals surface area (Å²) in [6, 6.07) is 12.8. The van der Waals surface area contributed by atoms with Crippen LogP contribution in [0.2, 0.25) is 0 Å². The van der Waals surface area contributed by atoms with Crippen molar-refractivity contribution in [3.8, 4) is 5.75 Å². The molecule has 2 aromatic rings. The molecule has 0 unspecified atom stereocenters. The smallest absolute Gasteiger partial charge is 0.407 e. The normalized spacial score (nSPS) is 10.6. The lowest BCUT2D eigenvalue weighted by Crippen LogP contribution is -2.24. The number of carbonyl (C=O) groups excluding carboxylic acids is 1. The van der Waals surface area contributed by atoms with Crippen LogP contribution in [0.3, 0.4) is 0 Å². The van der Waals surface area contributed by atoms with E-state index in [-0.39, 0.29) is 12.4 Å². The highest BCUT2D eigenvalue weighted by atomic mass is 16.5. The second kappa shape index (κ2) is 7.83. The Kier molecular flexibility index (Phi) is 5.54. The van der Waals surface area contributed by atoms with Crippen LogP contribution < -0.4 is 5.32 Å². The molecule has 1 heterocycles. The van der Waals surface area contributed by atoms with Crippen molar-refractivity contribution in [2.75, 3.05) is 6.54 Å². The first-order valence-electron chi connectivity index (χ1n) is 6.93. The molecule has 0 spiro atoms. The maximum absolute atomic E-state index is 11.5. The first-order chi connectivity index (χ1) is 10.6. The minimum Gasteiger partial charge on any atom is -0.506 e. The number of carbonyl (C=O) groups is 1. The number of rotatable bonds is 5. The van der Waals surface area contributed by atoms with Crippen molar-refractivity contribution in [1.29, 1.82) is 0 Å². The Balaban J connectivity index is 1.75. The standard InChI is InChI=1S/C17H18N2O3/c1-13-9-10-16(20)15(19-13)8-5-11-18-17(21)22-12-14-6-3-2-4-7-14/h2-10,20H,11-12H2,1H3,(H,18,21). The van der Waals surface area contributed by atoms with E-state index in [1.54, 1.807) is 24.3 Å². The van der Waals surface area contributed by atoms with Gasteiger partial charge in [0.15, 0.2) is 0 Å². The van der Waals surface area contributed by atoms with Gasteiger partial charge in [0.2, 0.25) is 0 Å². The zero-order valence-corrected chi connectivity index (χ0v) is 12.3. The number of aromatic nitrogens is 1. The number of aryl methyl sites for hydroxylation is 1. The molecule has 0 saturated carbocycles. The fraction of sp³-hybridized carbons (Fsp3) is 0.176. The number of pyridine rings is 1. The van der Waals surface area contributed by atoms with Gasteiger partial charge in [-0.3, -0.25) is 0 Å². The molecule has 0 bridgehead atoms. The average Bonchev–Trinajstić information content (AvgIpc) is 2.53. The van der Waals surface area contributed by atoms with Gasteiger partial charge < -0.3 is 15.2 Å². The average molecular weight is 298 g/mol. The number of amides is 1. The Morgan fingerprint density at radius 2 is 2.05 bits per heavy atom. The summed E-state index contributed by atoms with van der Waals surface area (Å²) in [6.45, 7) is 2.37. The lowest BCUT2D eigenvalue weighted by molar-refractivity contribution is 0.141. The molecule has 5 heteroatoms. The molecule has 22 heavy (non-hydrogen) atoms. The van der Waals surface area contributed by atoms with Crippen LogP contribution in [0, 0.1) is 6.92 Å². The first kappa shape index (κ1) is 15.6. The Labute approximate surface area is 129 Å². The van der Waals surface area contributed by atoms with E-state index in [1.807, 2.05) is 37.3 Å². The number of ether oxygens (including phenoxy) is 1. The summed E-state index contributed by atoms with van der Waals surface area (Å²) in [5.41, 5.74) is 2.22. The van der Waals surface area contributed by atoms with Gasteiger partial charge in [0.05, 0.1) is 0 Å². The lowest BCUT2D eigenvalue weighted by atomic mass is 10.2. The molecule has 0 aliphatic rings. The van der Waals surface area contributed by atoms with Gasteiger partial charge in [-0.15, -0.1) is 0 Å². The molecular weight excluding hydrogens is 280 g/mol. The quantitative estimate of drug-likeness (QED) is 0.890. The number of hydrogen-bond donors (Lipinski definition) is 2. The second-order valence-corrected chi connectivity index (χ2v) is 4.70. The maximum atomic E-state index is 11.5. The molecule has 0 atom stereocenters. The first-order valence-corrected chi connectivity index (χ1v) is 6.93. The van der Waals surface area contributed by atoms with Crippen LogP contribution in [0.1, 0.15) is 17.0 Å². The minimum absolute atomic E-state index is 0.105. The Bertz CT molecular complexity index is 654. The fourth-order valence-corrected chi connectivity index (χ4v) is 1.78. The van der Waals surface area contributed by atoms with Gasteiger partial charge in [-0.25, -0.2) is 9.78 Å². The number of nitrogens with one attached hydrogen (secondary N) is 1. The van der Waals surface area contributed by atoms with E-state index in [0.29, 0.717) is 12.2 Å². The third-order valence-electron chi connectivity index (χ3n) is 2.89. The third kappa shape index (κ3) is 4.94. The molecule has 1 aromatic heterocycles. The molecule has 2 rings (SSSR count). The van der Waals surface area contributed by atoms with Crippen molar-refractivity contribution >= 4 is 12.2 Å². The molecular formula is C17H18N2O3. The summed E-state index contributed by atoms with van der Waals surface area (Å²) in [7, 11) is 0. The van der Waals surface area contributed by atoms with E-state index >= 15 is 0 Å². The molecule has 2 N–H and O–H groups in total. The summed E-state index contributed by atoms with van der Waals surface area (Å²) in [5, 5.41) is 12.2. The van der Waals surface area contributed by atoms with E-state index in [0.717, 1.165) is 11.3 Å². The summed E-state index contributed by atoms with van der Waals surface area (Å²) in [6.07, 6.45) is 2.86. The fourth-order valence-electron chi connectivity index (χ4n) is 1.78. The van der Waals surface area contributed by atoms with Crippen molar-refractivity contribution < 1.29 is 14.6 Å².